The first-order valence-electron chi connectivity index (χ1n) is 5.65. The zero-order valence-electron chi connectivity index (χ0n) is 10.3. The summed E-state index contributed by atoms with van der Waals surface area (Å²) < 4.78 is 0. The monoisotopic (exact) mass is 259 g/mol. The van der Waals surface area contributed by atoms with Crippen LogP contribution < -0.4 is 0 Å². The maximum atomic E-state index is 9.67. The van der Waals surface area contributed by atoms with Crippen molar-refractivity contribution in [3.8, 4) is 5.75 Å². The summed E-state index contributed by atoms with van der Waals surface area (Å²) in [6.07, 6.45) is 1.62. The van der Waals surface area contributed by atoms with E-state index >= 15 is 0 Å². The van der Waals surface area contributed by atoms with E-state index in [1.54, 1.807) is 24.4 Å². The Morgan fingerprint density at radius 2 is 1.72 bits per heavy atom. The van der Waals surface area contributed by atoms with Crippen molar-refractivity contribution < 1.29 is 5.11 Å². The zero-order chi connectivity index (χ0) is 13.1. The predicted octanol–water partition coefficient (Wildman–Crippen LogP) is 4.41. The number of halogens is 1. The Balaban J connectivity index is 2.32. The van der Waals surface area contributed by atoms with Gasteiger partial charge in [0, 0.05) is 16.8 Å². The van der Waals surface area contributed by atoms with Crippen molar-refractivity contribution in [2.24, 2.45) is 4.99 Å². The molecule has 0 radical (unpaired) electrons. The van der Waals surface area contributed by atoms with Crippen LogP contribution in [0.15, 0.2) is 41.4 Å². The number of hydrogen-bond donors (Lipinski definition) is 1. The summed E-state index contributed by atoms with van der Waals surface area (Å²) in [5.74, 6) is 0.174. The Morgan fingerprint density at radius 3 is 2.39 bits per heavy atom. The fraction of sp³-hybridized carbons (Fsp3) is 0.133. The average Bonchev–Trinajstić information content (AvgIpc) is 2.29. The number of aliphatic imine (C=N–C) groups is 1. The van der Waals surface area contributed by atoms with Crippen molar-refractivity contribution in [1.29, 1.82) is 0 Å². The van der Waals surface area contributed by atoms with Crippen molar-refractivity contribution in [2.45, 2.75) is 13.8 Å². The first kappa shape index (κ1) is 12.7. The second kappa shape index (κ2) is 5.23. The van der Waals surface area contributed by atoms with Crippen molar-refractivity contribution in [3.63, 3.8) is 0 Å². The molecule has 0 aliphatic rings. The van der Waals surface area contributed by atoms with Gasteiger partial charge < -0.3 is 5.11 Å². The van der Waals surface area contributed by atoms with Gasteiger partial charge in [0.05, 0.1) is 5.69 Å². The number of aromatic hydroxyl groups is 1. The van der Waals surface area contributed by atoms with E-state index in [1.807, 2.05) is 26.0 Å². The maximum Gasteiger partial charge on any atom is 0.124 e. The summed E-state index contributed by atoms with van der Waals surface area (Å²) in [4.78, 5) is 4.36. The minimum absolute atomic E-state index is 0.174. The van der Waals surface area contributed by atoms with Crippen molar-refractivity contribution in [3.05, 3.63) is 58.1 Å². The molecule has 3 heteroatoms. The SMILES string of the molecule is Cc1cc(C)cc(N=Cc2cc(Cl)ccc2O)c1. The summed E-state index contributed by atoms with van der Waals surface area (Å²) in [7, 11) is 0. The third kappa shape index (κ3) is 3.11. The second-order valence-corrected chi connectivity index (χ2v) is 4.74. The molecule has 0 heterocycles. The minimum Gasteiger partial charge on any atom is -0.507 e. The molecule has 0 fully saturated rings. The van der Waals surface area contributed by atoms with Gasteiger partial charge in [-0.1, -0.05) is 17.7 Å². The molecule has 0 saturated heterocycles. The van der Waals surface area contributed by atoms with E-state index in [2.05, 4.69) is 11.1 Å². The fourth-order valence-electron chi connectivity index (χ4n) is 1.80. The lowest BCUT2D eigenvalue weighted by atomic mass is 10.1. The Bertz CT molecular complexity index is 585. The Hall–Kier alpha value is -1.80. The highest BCUT2D eigenvalue weighted by atomic mass is 35.5. The summed E-state index contributed by atoms with van der Waals surface area (Å²) in [5, 5.41) is 10.3. The quantitative estimate of drug-likeness (QED) is 0.796. The predicted molar refractivity (Wildman–Crippen MR) is 76.3 cm³/mol. The molecule has 2 rings (SSSR count). The molecule has 2 aromatic rings. The van der Waals surface area contributed by atoms with Crippen LogP contribution >= 0.6 is 11.6 Å². The first-order valence-corrected chi connectivity index (χ1v) is 6.03. The third-order valence-corrected chi connectivity index (χ3v) is 2.78. The number of hydrogen-bond acceptors (Lipinski definition) is 2. The van der Waals surface area contributed by atoms with Crippen molar-refractivity contribution in [2.75, 3.05) is 0 Å². The number of phenols is 1. The standard InChI is InChI=1S/C15H14ClNO/c1-10-5-11(2)7-14(6-10)17-9-12-8-13(16)3-4-15(12)18/h3-9,18H,1-2H3. The van der Waals surface area contributed by atoms with Gasteiger partial charge in [-0.2, -0.15) is 0 Å². The second-order valence-electron chi connectivity index (χ2n) is 4.31. The Kier molecular flexibility index (Phi) is 3.68. The van der Waals surface area contributed by atoms with E-state index in [9.17, 15) is 5.11 Å². The molecule has 0 aromatic heterocycles. The summed E-state index contributed by atoms with van der Waals surface area (Å²) >= 11 is 5.88. The highest BCUT2D eigenvalue weighted by molar-refractivity contribution is 6.30. The molecule has 0 unspecified atom stereocenters. The number of rotatable bonds is 2. The van der Waals surface area contributed by atoms with E-state index in [0.29, 0.717) is 10.6 Å². The molecule has 18 heavy (non-hydrogen) atoms. The van der Waals surface area contributed by atoms with Crippen LogP contribution in [0.5, 0.6) is 5.75 Å². The van der Waals surface area contributed by atoms with Crippen LogP contribution in [-0.2, 0) is 0 Å². The number of phenolic OH excluding ortho intramolecular Hbond substituents is 1. The lowest BCUT2D eigenvalue weighted by Gasteiger charge is -2.01. The van der Waals surface area contributed by atoms with Crippen molar-refractivity contribution in [1.82, 2.24) is 0 Å². The van der Waals surface area contributed by atoms with E-state index in [-0.39, 0.29) is 5.75 Å². The van der Waals surface area contributed by atoms with Gasteiger partial charge in [0.2, 0.25) is 0 Å². The van der Waals surface area contributed by atoms with Gasteiger partial charge in [-0.15, -0.1) is 0 Å². The van der Waals surface area contributed by atoms with Gasteiger partial charge >= 0.3 is 0 Å². The highest BCUT2D eigenvalue weighted by Gasteiger charge is 1.99. The molecule has 1 N–H and O–H groups in total. The minimum atomic E-state index is 0.174. The molecule has 92 valence electrons. The van der Waals surface area contributed by atoms with Crippen LogP contribution in [0.3, 0.4) is 0 Å². The lowest BCUT2D eigenvalue weighted by Crippen LogP contribution is -1.83. The largest absolute Gasteiger partial charge is 0.507 e. The van der Waals surface area contributed by atoms with Gasteiger partial charge in [0.25, 0.3) is 0 Å². The number of aryl methyl sites for hydroxylation is 2. The van der Waals surface area contributed by atoms with Crippen LogP contribution in [0.2, 0.25) is 5.02 Å². The van der Waals surface area contributed by atoms with E-state index in [0.717, 1.165) is 16.8 Å². The van der Waals surface area contributed by atoms with Gasteiger partial charge in [-0.05, 0) is 55.3 Å². The van der Waals surface area contributed by atoms with Crippen molar-refractivity contribution >= 4 is 23.5 Å². The van der Waals surface area contributed by atoms with Crippen LogP contribution in [0.1, 0.15) is 16.7 Å². The molecule has 0 bridgehead atoms. The van der Waals surface area contributed by atoms with Crippen LogP contribution in [-0.4, -0.2) is 11.3 Å². The number of benzene rings is 2. The molecule has 0 saturated carbocycles. The van der Waals surface area contributed by atoms with Gasteiger partial charge in [-0.3, -0.25) is 4.99 Å². The van der Waals surface area contributed by atoms with Gasteiger partial charge in [0.15, 0.2) is 0 Å². The maximum absolute atomic E-state index is 9.67. The van der Waals surface area contributed by atoms with E-state index < -0.39 is 0 Å². The lowest BCUT2D eigenvalue weighted by molar-refractivity contribution is 0.474. The van der Waals surface area contributed by atoms with E-state index in [1.165, 1.54) is 0 Å². The molecule has 0 aliphatic heterocycles. The average molecular weight is 260 g/mol. The summed E-state index contributed by atoms with van der Waals surface area (Å²) in [5.41, 5.74) is 3.81. The van der Waals surface area contributed by atoms with Crippen LogP contribution in [0.25, 0.3) is 0 Å². The third-order valence-electron chi connectivity index (χ3n) is 2.55. The Morgan fingerprint density at radius 1 is 1.06 bits per heavy atom. The fourth-order valence-corrected chi connectivity index (χ4v) is 1.98. The van der Waals surface area contributed by atoms with Crippen LogP contribution in [0.4, 0.5) is 5.69 Å². The summed E-state index contributed by atoms with van der Waals surface area (Å²) in [6, 6.07) is 11.0. The van der Waals surface area contributed by atoms with Gasteiger partial charge in [0.1, 0.15) is 5.75 Å². The molecule has 0 atom stereocenters. The molecule has 0 aliphatic carbocycles. The smallest absolute Gasteiger partial charge is 0.124 e. The normalized spacial score (nSPS) is 11.1. The molecule has 0 spiro atoms. The van der Waals surface area contributed by atoms with Crippen LogP contribution in [0, 0.1) is 13.8 Å². The highest BCUT2D eigenvalue weighted by Crippen LogP contribution is 2.22. The molecule has 2 aromatic carbocycles. The first-order chi connectivity index (χ1) is 8.54. The molecule has 2 nitrogen and oxygen atoms in total. The molecule has 0 amide bonds. The topological polar surface area (TPSA) is 32.6 Å². The number of nitrogens with zero attached hydrogens (tertiary/aromatic N) is 1. The summed E-state index contributed by atoms with van der Waals surface area (Å²) in [6.45, 7) is 4.06. The zero-order valence-corrected chi connectivity index (χ0v) is 11.1. The Labute approximate surface area is 112 Å². The molecular formula is C15H14ClNO. The molecular weight excluding hydrogens is 246 g/mol. The van der Waals surface area contributed by atoms with Gasteiger partial charge in [-0.25, -0.2) is 0 Å². The van der Waals surface area contributed by atoms with E-state index in [4.69, 9.17) is 11.6 Å².